The second-order valence-corrected chi connectivity index (χ2v) is 4.46. The van der Waals surface area contributed by atoms with Gasteiger partial charge in [-0.2, -0.15) is 13.7 Å². The van der Waals surface area contributed by atoms with Gasteiger partial charge >= 0.3 is 0 Å². The number of unbranched alkanes of at least 4 members (excludes halogenated alkanes) is 2. The summed E-state index contributed by atoms with van der Waals surface area (Å²) in [4.78, 5) is 0. The van der Waals surface area contributed by atoms with Crippen molar-refractivity contribution in [3.05, 3.63) is 0 Å². The second-order valence-electron chi connectivity index (χ2n) is 2.70. The summed E-state index contributed by atoms with van der Waals surface area (Å²) >= 11 is 0. The van der Waals surface area contributed by atoms with E-state index in [1.807, 2.05) is 13.0 Å². The Morgan fingerprint density at radius 2 is 2.08 bits per heavy atom. The molecule has 0 aliphatic carbocycles. The minimum absolute atomic E-state index is 0.0229. The van der Waals surface area contributed by atoms with Crippen LogP contribution in [-0.2, 0) is 14.3 Å². The van der Waals surface area contributed by atoms with E-state index in [0.29, 0.717) is 6.42 Å². The predicted molar refractivity (Wildman–Crippen MR) is 49.5 cm³/mol. The van der Waals surface area contributed by atoms with Crippen LogP contribution in [0.1, 0.15) is 32.6 Å². The lowest BCUT2D eigenvalue weighted by atomic mass is 10.3. The van der Waals surface area contributed by atoms with Crippen LogP contribution in [-0.4, -0.2) is 20.8 Å². The van der Waals surface area contributed by atoms with Gasteiger partial charge in [-0.3, -0.25) is 4.18 Å². The third-order valence-electron chi connectivity index (χ3n) is 1.47. The first-order valence-corrected chi connectivity index (χ1v) is 5.94. The van der Waals surface area contributed by atoms with E-state index in [1.54, 1.807) is 0 Å². The number of hydrogen-bond donors (Lipinski definition) is 0. The van der Waals surface area contributed by atoms with E-state index in [0.717, 1.165) is 12.8 Å². The van der Waals surface area contributed by atoms with Crippen LogP contribution < -0.4 is 0 Å². The topological polar surface area (TPSA) is 67.2 Å². The lowest BCUT2D eigenvalue weighted by Gasteiger charge is -2.02. The molecule has 0 fully saturated rings. The van der Waals surface area contributed by atoms with Crippen LogP contribution in [0.15, 0.2) is 0 Å². The van der Waals surface area contributed by atoms with Gasteiger partial charge in [0.2, 0.25) is 0 Å². The molecule has 0 aliphatic heterocycles. The quantitative estimate of drug-likeness (QED) is 0.466. The zero-order chi connectivity index (χ0) is 10.2. The van der Waals surface area contributed by atoms with Gasteiger partial charge in [-0.05, 0) is 6.42 Å². The van der Waals surface area contributed by atoms with Crippen molar-refractivity contribution in [1.29, 1.82) is 5.26 Å². The van der Waals surface area contributed by atoms with Crippen molar-refractivity contribution in [1.82, 2.24) is 0 Å². The molecule has 0 amide bonds. The van der Waals surface area contributed by atoms with Crippen LogP contribution in [0.4, 0.5) is 0 Å². The molecule has 0 unspecified atom stereocenters. The van der Waals surface area contributed by atoms with E-state index in [-0.39, 0.29) is 18.8 Å². The van der Waals surface area contributed by atoms with Gasteiger partial charge in [0.05, 0.1) is 24.8 Å². The maximum Gasteiger partial charge on any atom is 0.267 e. The molecule has 0 radical (unpaired) electrons. The first-order valence-electron chi connectivity index (χ1n) is 4.36. The third-order valence-corrected chi connectivity index (χ3v) is 2.79. The molecule has 0 aromatic carbocycles. The molecule has 0 heterocycles. The van der Waals surface area contributed by atoms with Crippen LogP contribution in [0.3, 0.4) is 0 Å². The summed E-state index contributed by atoms with van der Waals surface area (Å²) in [5.74, 6) is 0.0618. The molecule has 0 aromatic rings. The fraction of sp³-hybridized carbons (Fsp3) is 0.875. The van der Waals surface area contributed by atoms with Gasteiger partial charge in [-0.15, -0.1) is 0 Å². The highest BCUT2D eigenvalue weighted by Gasteiger charge is 2.09. The Bertz CT molecular complexity index is 253. The van der Waals surface area contributed by atoms with Gasteiger partial charge in [0.1, 0.15) is 0 Å². The predicted octanol–water partition coefficient (Wildman–Crippen LogP) is 1.44. The van der Waals surface area contributed by atoms with Gasteiger partial charge < -0.3 is 0 Å². The highest BCUT2D eigenvalue weighted by molar-refractivity contribution is 7.86. The summed E-state index contributed by atoms with van der Waals surface area (Å²) in [6, 6.07) is 1.82. The van der Waals surface area contributed by atoms with Crippen molar-refractivity contribution in [3.63, 3.8) is 0 Å². The normalized spacial score (nSPS) is 11.1. The van der Waals surface area contributed by atoms with Gasteiger partial charge in [-0.1, -0.05) is 19.8 Å². The monoisotopic (exact) mass is 205 g/mol. The largest absolute Gasteiger partial charge is 0.269 e. The maximum absolute atomic E-state index is 11.0. The zero-order valence-corrected chi connectivity index (χ0v) is 8.64. The minimum Gasteiger partial charge on any atom is -0.269 e. The summed E-state index contributed by atoms with van der Waals surface area (Å²) in [6.45, 7) is 1.98. The molecule has 0 aromatic heterocycles. The number of hydrogen-bond acceptors (Lipinski definition) is 4. The molecule has 0 bridgehead atoms. The highest BCUT2D eigenvalue weighted by Crippen LogP contribution is 2.01. The third kappa shape index (κ3) is 7.75. The lowest BCUT2D eigenvalue weighted by Crippen LogP contribution is -2.11. The molecular weight excluding hydrogens is 190 g/mol. The van der Waals surface area contributed by atoms with Crippen molar-refractivity contribution >= 4 is 10.1 Å². The average molecular weight is 205 g/mol. The molecule has 0 saturated carbocycles. The molecule has 0 saturated heterocycles. The standard InChI is InChI=1S/C8H15NO3S/c1-2-3-4-8-13(10,11)12-7-5-6-9/h2-5,7-8H2,1H3. The molecule has 13 heavy (non-hydrogen) atoms. The zero-order valence-electron chi connectivity index (χ0n) is 7.82. The number of nitriles is 1. The van der Waals surface area contributed by atoms with Crippen molar-refractivity contribution in [2.24, 2.45) is 0 Å². The number of nitrogens with zero attached hydrogens (tertiary/aromatic N) is 1. The molecule has 4 nitrogen and oxygen atoms in total. The Labute approximate surface area is 79.6 Å². The Morgan fingerprint density at radius 1 is 1.38 bits per heavy atom. The molecule has 5 heteroatoms. The first kappa shape index (κ1) is 12.4. The van der Waals surface area contributed by atoms with E-state index in [2.05, 4.69) is 4.18 Å². The summed E-state index contributed by atoms with van der Waals surface area (Å²) in [5.41, 5.74) is 0. The molecule has 0 N–H and O–H groups in total. The SMILES string of the molecule is CCCCCS(=O)(=O)OCCC#N. The van der Waals surface area contributed by atoms with Crippen molar-refractivity contribution in [2.45, 2.75) is 32.6 Å². The van der Waals surface area contributed by atoms with Crippen LogP contribution >= 0.6 is 0 Å². The van der Waals surface area contributed by atoms with Gasteiger partial charge in [0, 0.05) is 0 Å². The summed E-state index contributed by atoms with van der Waals surface area (Å²) < 4.78 is 26.7. The Kier molecular flexibility index (Phi) is 6.55. The van der Waals surface area contributed by atoms with E-state index in [4.69, 9.17) is 5.26 Å². The molecule has 76 valence electrons. The van der Waals surface area contributed by atoms with Gasteiger partial charge in [0.15, 0.2) is 0 Å². The Hall–Kier alpha value is -0.600. The lowest BCUT2D eigenvalue weighted by molar-refractivity contribution is 0.325. The summed E-state index contributed by atoms with van der Waals surface area (Å²) in [7, 11) is -3.38. The highest BCUT2D eigenvalue weighted by atomic mass is 32.2. The molecular formula is C8H15NO3S. The average Bonchev–Trinajstić information content (AvgIpc) is 2.05. The van der Waals surface area contributed by atoms with E-state index in [9.17, 15) is 8.42 Å². The van der Waals surface area contributed by atoms with Gasteiger partial charge in [0.25, 0.3) is 10.1 Å². The van der Waals surface area contributed by atoms with E-state index < -0.39 is 10.1 Å². The van der Waals surface area contributed by atoms with E-state index in [1.165, 1.54) is 0 Å². The Balaban J connectivity index is 3.63. The minimum atomic E-state index is -3.38. The van der Waals surface area contributed by atoms with Gasteiger partial charge in [-0.25, -0.2) is 0 Å². The molecule has 0 rings (SSSR count). The van der Waals surface area contributed by atoms with Crippen molar-refractivity contribution in [3.8, 4) is 6.07 Å². The second kappa shape index (κ2) is 6.87. The summed E-state index contributed by atoms with van der Waals surface area (Å²) in [5, 5.41) is 8.15. The van der Waals surface area contributed by atoms with E-state index >= 15 is 0 Å². The molecule has 0 spiro atoms. The molecule has 0 aliphatic rings. The van der Waals surface area contributed by atoms with Crippen LogP contribution in [0.2, 0.25) is 0 Å². The van der Waals surface area contributed by atoms with Crippen molar-refractivity contribution in [2.75, 3.05) is 12.4 Å². The summed E-state index contributed by atoms with van der Waals surface area (Å²) in [6.07, 6.45) is 2.62. The van der Waals surface area contributed by atoms with Crippen LogP contribution in [0, 0.1) is 11.3 Å². The Morgan fingerprint density at radius 3 is 2.62 bits per heavy atom. The number of rotatable bonds is 7. The van der Waals surface area contributed by atoms with Crippen LogP contribution in [0.5, 0.6) is 0 Å². The fourth-order valence-corrected chi connectivity index (χ4v) is 1.81. The molecule has 0 atom stereocenters. The first-order chi connectivity index (χ1) is 6.12. The van der Waals surface area contributed by atoms with Crippen molar-refractivity contribution < 1.29 is 12.6 Å². The smallest absolute Gasteiger partial charge is 0.267 e. The maximum atomic E-state index is 11.0. The van der Waals surface area contributed by atoms with Crippen LogP contribution in [0.25, 0.3) is 0 Å². The fourth-order valence-electron chi connectivity index (χ4n) is 0.802.